The number of carbonyl (C=O) groups is 1. The third kappa shape index (κ3) is 4.30. The van der Waals surface area contributed by atoms with Crippen molar-refractivity contribution in [2.45, 2.75) is 44.7 Å². The fourth-order valence-electron chi connectivity index (χ4n) is 3.69. The van der Waals surface area contributed by atoms with Crippen LogP contribution in [0.25, 0.3) is 11.1 Å². The molecule has 1 fully saturated rings. The largest absolute Gasteiger partial charge is 0.481 e. The molecule has 1 unspecified atom stereocenters. The van der Waals surface area contributed by atoms with Crippen LogP contribution in [0.4, 0.5) is 0 Å². The van der Waals surface area contributed by atoms with Gasteiger partial charge in [0.05, 0.1) is 17.6 Å². The van der Waals surface area contributed by atoms with Crippen molar-refractivity contribution in [3.8, 4) is 17.2 Å². The van der Waals surface area contributed by atoms with Gasteiger partial charge in [0, 0.05) is 12.1 Å². The fourth-order valence-corrected chi connectivity index (χ4v) is 3.69. The van der Waals surface area contributed by atoms with Crippen LogP contribution in [0.2, 0.25) is 0 Å². The maximum absolute atomic E-state index is 11.1. The average Bonchev–Trinajstić information content (AvgIpc) is 2.68. The molecule has 2 aromatic rings. The van der Waals surface area contributed by atoms with Gasteiger partial charge in [-0.3, -0.25) is 4.79 Å². The first kappa shape index (κ1) is 18.2. The summed E-state index contributed by atoms with van der Waals surface area (Å²) in [7, 11) is 0. The first-order valence-electron chi connectivity index (χ1n) is 9.16. The highest BCUT2D eigenvalue weighted by atomic mass is 16.4. The zero-order valence-electron chi connectivity index (χ0n) is 15.0. The molecule has 0 aromatic heterocycles. The molecular weight excluding hydrogens is 324 g/mol. The fraction of sp³-hybridized carbons (Fsp3) is 0.364. The van der Waals surface area contributed by atoms with E-state index < -0.39 is 5.97 Å². The lowest BCUT2D eigenvalue weighted by molar-refractivity contribution is -0.142. The van der Waals surface area contributed by atoms with E-state index in [0.717, 1.165) is 36.8 Å². The molecule has 4 nitrogen and oxygen atoms in total. The van der Waals surface area contributed by atoms with Gasteiger partial charge >= 0.3 is 5.97 Å². The van der Waals surface area contributed by atoms with Crippen molar-refractivity contribution in [2.24, 2.45) is 5.92 Å². The SMILES string of the molecule is CC(NC1CCC(C(=O)O)CC1)c1ccc(-c2cccc(C#N)c2)cc1. The van der Waals surface area contributed by atoms with E-state index in [4.69, 9.17) is 10.4 Å². The number of carboxylic acids is 1. The van der Waals surface area contributed by atoms with Crippen LogP contribution in [0.3, 0.4) is 0 Å². The Kier molecular flexibility index (Phi) is 5.70. The number of benzene rings is 2. The van der Waals surface area contributed by atoms with E-state index in [9.17, 15) is 4.79 Å². The highest BCUT2D eigenvalue weighted by molar-refractivity contribution is 5.70. The molecule has 0 aliphatic heterocycles. The molecule has 0 heterocycles. The summed E-state index contributed by atoms with van der Waals surface area (Å²) >= 11 is 0. The summed E-state index contributed by atoms with van der Waals surface area (Å²) < 4.78 is 0. The molecule has 26 heavy (non-hydrogen) atoms. The van der Waals surface area contributed by atoms with Gasteiger partial charge in [0.1, 0.15) is 0 Å². The molecule has 2 aromatic carbocycles. The van der Waals surface area contributed by atoms with Crippen molar-refractivity contribution in [1.82, 2.24) is 5.32 Å². The zero-order chi connectivity index (χ0) is 18.5. The molecule has 0 spiro atoms. The normalized spacial score (nSPS) is 20.9. The summed E-state index contributed by atoms with van der Waals surface area (Å²) in [5.41, 5.74) is 4.02. The number of carboxylic acid groups (broad SMARTS) is 1. The number of hydrogen-bond donors (Lipinski definition) is 2. The highest BCUT2D eigenvalue weighted by Gasteiger charge is 2.26. The second-order valence-electron chi connectivity index (χ2n) is 7.09. The molecule has 134 valence electrons. The highest BCUT2D eigenvalue weighted by Crippen LogP contribution is 2.27. The molecule has 2 N–H and O–H groups in total. The van der Waals surface area contributed by atoms with Gasteiger partial charge in [-0.2, -0.15) is 5.26 Å². The van der Waals surface area contributed by atoms with Crippen LogP contribution in [0.1, 0.15) is 49.8 Å². The number of nitriles is 1. The Balaban J connectivity index is 1.61. The minimum Gasteiger partial charge on any atom is -0.481 e. The second kappa shape index (κ2) is 8.16. The average molecular weight is 348 g/mol. The number of aliphatic carboxylic acids is 1. The van der Waals surface area contributed by atoms with Crippen molar-refractivity contribution in [2.75, 3.05) is 0 Å². The monoisotopic (exact) mass is 348 g/mol. The maximum Gasteiger partial charge on any atom is 0.306 e. The Bertz CT molecular complexity index is 800. The van der Waals surface area contributed by atoms with Crippen molar-refractivity contribution in [1.29, 1.82) is 5.26 Å². The van der Waals surface area contributed by atoms with E-state index in [0.29, 0.717) is 11.6 Å². The lowest BCUT2D eigenvalue weighted by Crippen LogP contribution is -2.36. The molecule has 1 aliphatic carbocycles. The minimum atomic E-state index is -0.660. The maximum atomic E-state index is 11.1. The molecule has 1 saturated carbocycles. The predicted molar refractivity (Wildman–Crippen MR) is 102 cm³/mol. The summed E-state index contributed by atoms with van der Waals surface area (Å²) in [6.45, 7) is 2.15. The van der Waals surface area contributed by atoms with E-state index in [1.54, 1.807) is 0 Å². The lowest BCUT2D eigenvalue weighted by atomic mass is 9.85. The molecule has 1 aliphatic rings. The van der Waals surface area contributed by atoms with Crippen LogP contribution in [0.15, 0.2) is 48.5 Å². The summed E-state index contributed by atoms with van der Waals surface area (Å²) in [6.07, 6.45) is 3.35. The van der Waals surface area contributed by atoms with Crippen LogP contribution in [0.5, 0.6) is 0 Å². The van der Waals surface area contributed by atoms with Crippen molar-refractivity contribution >= 4 is 5.97 Å². The third-order valence-corrected chi connectivity index (χ3v) is 5.30. The van der Waals surface area contributed by atoms with Gasteiger partial charge in [0.2, 0.25) is 0 Å². The van der Waals surface area contributed by atoms with E-state index in [1.807, 2.05) is 24.3 Å². The topological polar surface area (TPSA) is 73.1 Å². The summed E-state index contributed by atoms with van der Waals surface area (Å²) in [5, 5.41) is 21.8. The summed E-state index contributed by atoms with van der Waals surface area (Å²) in [6, 6.07) is 18.8. The number of rotatable bonds is 5. The van der Waals surface area contributed by atoms with E-state index in [2.05, 4.69) is 42.6 Å². The number of hydrogen-bond acceptors (Lipinski definition) is 3. The van der Waals surface area contributed by atoms with Crippen LogP contribution >= 0.6 is 0 Å². The number of nitrogens with one attached hydrogen (secondary N) is 1. The Morgan fingerprint density at radius 2 is 1.81 bits per heavy atom. The molecular formula is C22H24N2O2. The molecule has 0 bridgehead atoms. The van der Waals surface area contributed by atoms with E-state index in [1.165, 1.54) is 5.56 Å². The third-order valence-electron chi connectivity index (χ3n) is 5.30. The standard InChI is InChI=1S/C22H24N2O2/c1-15(24-21-11-9-19(10-12-21)22(25)26)17-5-7-18(8-6-17)20-4-2-3-16(13-20)14-23/h2-8,13,15,19,21,24H,9-12H2,1H3,(H,25,26). The van der Waals surface area contributed by atoms with Gasteiger partial charge < -0.3 is 10.4 Å². The molecule has 4 heteroatoms. The van der Waals surface area contributed by atoms with Crippen LogP contribution in [-0.4, -0.2) is 17.1 Å². The summed E-state index contributed by atoms with van der Waals surface area (Å²) in [4.78, 5) is 11.1. The minimum absolute atomic E-state index is 0.174. The van der Waals surface area contributed by atoms with Crippen molar-refractivity contribution in [3.63, 3.8) is 0 Å². The van der Waals surface area contributed by atoms with Crippen molar-refractivity contribution < 1.29 is 9.90 Å². The van der Waals surface area contributed by atoms with E-state index >= 15 is 0 Å². The molecule has 0 saturated heterocycles. The van der Waals surface area contributed by atoms with Crippen molar-refractivity contribution in [3.05, 3.63) is 59.7 Å². The van der Waals surface area contributed by atoms with Gasteiger partial charge in [-0.25, -0.2) is 0 Å². The Morgan fingerprint density at radius 1 is 1.12 bits per heavy atom. The first-order valence-corrected chi connectivity index (χ1v) is 9.16. The van der Waals surface area contributed by atoms with Gasteiger partial charge in [-0.15, -0.1) is 0 Å². The first-order chi connectivity index (χ1) is 12.6. The Hall–Kier alpha value is -2.64. The Morgan fingerprint density at radius 3 is 2.42 bits per heavy atom. The molecule has 0 amide bonds. The quantitative estimate of drug-likeness (QED) is 0.833. The lowest BCUT2D eigenvalue weighted by Gasteiger charge is -2.29. The number of nitrogens with zero attached hydrogens (tertiary/aromatic N) is 1. The zero-order valence-corrected chi connectivity index (χ0v) is 15.0. The smallest absolute Gasteiger partial charge is 0.306 e. The summed E-state index contributed by atoms with van der Waals surface area (Å²) in [5.74, 6) is -0.834. The Labute approximate surface area is 154 Å². The second-order valence-corrected chi connectivity index (χ2v) is 7.09. The van der Waals surface area contributed by atoms with Gasteiger partial charge in [0.25, 0.3) is 0 Å². The predicted octanol–water partition coefficient (Wildman–Crippen LogP) is 4.52. The van der Waals surface area contributed by atoms with Gasteiger partial charge in [-0.05, 0) is 61.4 Å². The molecule has 1 atom stereocenters. The van der Waals surface area contributed by atoms with E-state index in [-0.39, 0.29) is 12.0 Å². The van der Waals surface area contributed by atoms with Gasteiger partial charge in [-0.1, -0.05) is 36.4 Å². The van der Waals surface area contributed by atoms with Crippen LogP contribution in [0, 0.1) is 17.2 Å². The van der Waals surface area contributed by atoms with Crippen LogP contribution in [-0.2, 0) is 4.79 Å². The molecule has 3 rings (SSSR count). The molecule has 0 radical (unpaired) electrons. The van der Waals surface area contributed by atoms with Gasteiger partial charge in [0.15, 0.2) is 0 Å². The van der Waals surface area contributed by atoms with Crippen LogP contribution < -0.4 is 5.32 Å².